The Morgan fingerprint density at radius 1 is 1.26 bits per heavy atom. The van der Waals surface area contributed by atoms with Crippen LogP contribution >= 0.6 is 0 Å². The topological polar surface area (TPSA) is 102 Å². The number of aromatic nitrogens is 4. The molecule has 0 spiro atoms. The van der Waals surface area contributed by atoms with Crippen LogP contribution in [0.2, 0.25) is 0 Å². The Bertz CT molecular complexity index is 803. The number of carbonyl (C=O) groups excluding carboxylic acids is 2. The lowest BCUT2D eigenvalue weighted by atomic mass is 10.1. The molecule has 0 radical (unpaired) electrons. The monoisotopic (exact) mass is 384 g/mol. The molecule has 2 rings (SSSR count). The van der Waals surface area contributed by atoms with E-state index >= 15 is 0 Å². The molecule has 0 saturated carbocycles. The molecule has 2 N–H and O–H groups in total. The van der Waals surface area contributed by atoms with Gasteiger partial charge < -0.3 is 5.32 Å². The van der Waals surface area contributed by atoms with Crippen molar-refractivity contribution < 1.29 is 22.8 Å². The summed E-state index contributed by atoms with van der Waals surface area (Å²) in [7, 11) is 0. The minimum atomic E-state index is -4.49. The Balaban J connectivity index is 1.94. The minimum Gasteiger partial charge on any atom is -0.338 e. The average molecular weight is 384 g/mol. The van der Waals surface area contributed by atoms with E-state index in [2.05, 4.69) is 26.0 Å². The second-order valence-electron chi connectivity index (χ2n) is 6.21. The van der Waals surface area contributed by atoms with Crippen molar-refractivity contribution in [3.05, 3.63) is 29.8 Å². The smallest absolute Gasteiger partial charge is 0.338 e. The fourth-order valence-electron chi connectivity index (χ4n) is 2.07. The molecule has 3 amide bonds. The molecular formula is C16H19F3N6O2. The van der Waals surface area contributed by atoms with Gasteiger partial charge in [-0.05, 0) is 29.7 Å². The minimum absolute atomic E-state index is 0.0599. The summed E-state index contributed by atoms with van der Waals surface area (Å²) in [6.45, 7) is 4.04. The van der Waals surface area contributed by atoms with Gasteiger partial charge in [0.25, 0.3) is 5.91 Å². The van der Waals surface area contributed by atoms with Crippen molar-refractivity contribution in [2.45, 2.75) is 33.0 Å². The van der Waals surface area contributed by atoms with Gasteiger partial charge in [-0.25, -0.2) is 4.79 Å². The van der Waals surface area contributed by atoms with Crippen molar-refractivity contribution >= 4 is 11.9 Å². The first-order chi connectivity index (χ1) is 12.6. The number of halogens is 3. The van der Waals surface area contributed by atoms with E-state index in [9.17, 15) is 22.8 Å². The molecule has 11 heteroatoms. The predicted octanol–water partition coefficient (Wildman–Crippen LogP) is 2.23. The molecule has 0 aliphatic heterocycles. The van der Waals surface area contributed by atoms with E-state index in [-0.39, 0.29) is 11.4 Å². The van der Waals surface area contributed by atoms with Crippen LogP contribution in [0.15, 0.2) is 24.3 Å². The van der Waals surface area contributed by atoms with Crippen LogP contribution in [0.3, 0.4) is 0 Å². The van der Waals surface area contributed by atoms with E-state index in [1.807, 2.05) is 13.8 Å². The fraction of sp³-hybridized carbons (Fsp3) is 0.438. The van der Waals surface area contributed by atoms with Gasteiger partial charge in [-0.2, -0.15) is 18.0 Å². The third-order valence-corrected chi connectivity index (χ3v) is 3.45. The summed E-state index contributed by atoms with van der Waals surface area (Å²) in [5.41, 5.74) is -0.727. The van der Waals surface area contributed by atoms with Gasteiger partial charge in [0, 0.05) is 12.1 Å². The Morgan fingerprint density at radius 3 is 2.67 bits per heavy atom. The van der Waals surface area contributed by atoms with Gasteiger partial charge in [0.2, 0.25) is 5.82 Å². The molecule has 0 fully saturated rings. The Labute approximate surface area is 153 Å². The van der Waals surface area contributed by atoms with Crippen LogP contribution in [0.4, 0.5) is 18.0 Å². The summed E-state index contributed by atoms with van der Waals surface area (Å²) in [4.78, 5) is 24.3. The van der Waals surface area contributed by atoms with E-state index in [1.54, 1.807) is 0 Å². The largest absolute Gasteiger partial charge is 0.416 e. The Kier molecular flexibility index (Phi) is 6.48. The van der Waals surface area contributed by atoms with E-state index in [4.69, 9.17) is 0 Å². The van der Waals surface area contributed by atoms with Crippen molar-refractivity contribution in [2.24, 2.45) is 5.92 Å². The number of nitrogens with one attached hydrogen (secondary N) is 2. The maximum atomic E-state index is 12.8. The molecule has 1 aromatic carbocycles. The Morgan fingerprint density at radius 2 is 2.00 bits per heavy atom. The third kappa shape index (κ3) is 6.35. The summed E-state index contributed by atoms with van der Waals surface area (Å²) < 4.78 is 38.3. The van der Waals surface area contributed by atoms with Crippen LogP contribution < -0.4 is 10.6 Å². The molecule has 8 nitrogen and oxygen atoms in total. The highest BCUT2D eigenvalue weighted by Gasteiger charge is 2.30. The Hall–Kier alpha value is -2.98. The molecule has 0 aliphatic rings. The lowest BCUT2D eigenvalue weighted by Gasteiger charge is -2.07. The lowest BCUT2D eigenvalue weighted by Crippen LogP contribution is -2.41. The van der Waals surface area contributed by atoms with E-state index < -0.39 is 30.2 Å². The summed E-state index contributed by atoms with van der Waals surface area (Å²) in [6.07, 6.45) is -3.72. The van der Waals surface area contributed by atoms with Crippen LogP contribution in [0.1, 0.15) is 25.8 Å². The van der Waals surface area contributed by atoms with Gasteiger partial charge in [0.05, 0.1) is 5.56 Å². The number of tetrazole rings is 1. The normalized spacial score (nSPS) is 11.5. The summed E-state index contributed by atoms with van der Waals surface area (Å²) in [6, 6.07) is 3.81. The van der Waals surface area contributed by atoms with Crippen molar-refractivity contribution in [3.63, 3.8) is 0 Å². The number of nitrogens with zero attached hydrogens (tertiary/aromatic N) is 4. The molecule has 146 valence electrons. The number of amides is 3. The molecule has 0 bridgehead atoms. The fourth-order valence-corrected chi connectivity index (χ4v) is 2.07. The summed E-state index contributed by atoms with van der Waals surface area (Å²) in [5.74, 6) is -0.324. The van der Waals surface area contributed by atoms with E-state index in [1.165, 1.54) is 12.1 Å². The molecular weight excluding hydrogens is 365 g/mol. The van der Waals surface area contributed by atoms with Gasteiger partial charge in [-0.1, -0.05) is 26.0 Å². The zero-order valence-electron chi connectivity index (χ0n) is 14.7. The maximum absolute atomic E-state index is 12.8. The second-order valence-corrected chi connectivity index (χ2v) is 6.21. The number of carbonyl (C=O) groups is 2. The van der Waals surface area contributed by atoms with Crippen LogP contribution in [0.5, 0.6) is 0 Å². The van der Waals surface area contributed by atoms with Gasteiger partial charge in [0.1, 0.15) is 6.54 Å². The maximum Gasteiger partial charge on any atom is 0.416 e. The summed E-state index contributed by atoms with van der Waals surface area (Å²) >= 11 is 0. The van der Waals surface area contributed by atoms with Gasteiger partial charge in [-0.3, -0.25) is 10.1 Å². The van der Waals surface area contributed by atoms with Crippen LogP contribution in [-0.4, -0.2) is 38.7 Å². The molecule has 27 heavy (non-hydrogen) atoms. The highest BCUT2D eigenvalue weighted by molar-refractivity contribution is 5.94. The van der Waals surface area contributed by atoms with Gasteiger partial charge >= 0.3 is 12.2 Å². The predicted molar refractivity (Wildman–Crippen MR) is 89.3 cm³/mol. The standard InChI is InChI=1S/C16H19F3N6O2/c1-10(2)6-7-20-15(27)21-13(26)9-25-23-14(22-24-25)11-4-3-5-12(8-11)16(17,18)19/h3-5,8,10H,6-7,9H2,1-2H3,(H2,20,21,26,27). The average Bonchev–Trinajstić information content (AvgIpc) is 3.02. The number of benzene rings is 1. The molecule has 0 aliphatic carbocycles. The van der Waals surface area contributed by atoms with Crippen molar-refractivity contribution in [3.8, 4) is 11.4 Å². The van der Waals surface area contributed by atoms with E-state index in [0.717, 1.165) is 23.4 Å². The molecule has 1 heterocycles. The first-order valence-corrected chi connectivity index (χ1v) is 8.18. The van der Waals surface area contributed by atoms with Gasteiger partial charge in [0.15, 0.2) is 0 Å². The van der Waals surface area contributed by atoms with Gasteiger partial charge in [-0.15, -0.1) is 10.2 Å². The van der Waals surface area contributed by atoms with Crippen LogP contribution in [0, 0.1) is 5.92 Å². The second kappa shape index (κ2) is 8.60. The molecule has 0 saturated heterocycles. The molecule has 1 aromatic heterocycles. The highest BCUT2D eigenvalue weighted by Crippen LogP contribution is 2.31. The molecule has 2 aromatic rings. The number of imide groups is 1. The number of hydrogen-bond acceptors (Lipinski definition) is 5. The third-order valence-electron chi connectivity index (χ3n) is 3.45. The SMILES string of the molecule is CC(C)CCNC(=O)NC(=O)Cn1nnc(-c2cccc(C(F)(F)F)c2)n1. The number of alkyl halides is 3. The van der Waals surface area contributed by atoms with E-state index in [0.29, 0.717) is 12.5 Å². The number of hydrogen-bond donors (Lipinski definition) is 2. The highest BCUT2D eigenvalue weighted by atomic mass is 19.4. The number of rotatable bonds is 6. The molecule has 0 unspecified atom stereocenters. The first-order valence-electron chi connectivity index (χ1n) is 8.18. The molecule has 0 atom stereocenters. The first kappa shape index (κ1) is 20.3. The van der Waals surface area contributed by atoms with Crippen molar-refractivity contribution in [1.29, 1.82) is 0 Å². The quantitative estimate of drug-likeness (QED) is 0.795. The van der Waals surface area contributed by atoms with Crippen molar-refractivity contribution in [1.82, 2.24) is 30.8 Å². The summed E-state index contributed by atoms with van der Waals surface area (Å²) in [5, 5.41) is 15.8. The zero-order valence-corrected chi connectivity index (χ0v) is 14.7. The zero-order chi connectivity index (χ0) is 20.0. The lowest BCUT2D eigenvalue weighted by molar-refractivity contribution is -0.137. The number of urea groups is 1. The van der Waals surface area contributed by atoms with Crippen LogP contribution in [0.25, 0.3) is 11.4 Å². The van der Waals surface area contributed by atoms with Crippen molar-refractivity contribution in [2.75, 3.05) is 6.54 Å². The van der Waals surface area contributed by atoms with Crippen LogP contribution in [-0.2, 0) is 17.5 Å².